The highest BCUT2D eigenvalue weighted by atomic mass is 16.1. The van der Waals surface area contributed by atoms with Gasteiger partial charge in [-0.05, 0) is 24.6 Å². The van der Waals surface area contributed by atoms with Gasteiger partial charge in [-0.1, -0.05) is 36.4 Å². The first-order valence-electron chi connectivity index (χ1n) is 8.51. The minimum atomic E-state index is -0.287. The number of aryl methyl sites for hydroxylation is 1. The van der Waals surface area contributed by atoms with Crippen molar-refractivity contribution in [1.82, 2.24) is 25.3 Å². The molecule has 0 atom stereocenters. The van der Waals surface area contributed by atoms with Crippen LogP contribution in [0.15, 0.2) is 54.7 Å². The Balaban J connectivity index is 1.57. The molecule has 1 amide bonds. The predicted octanol–water partition coefficient (Wildman–Crippen LogP) is 2.84. The highest BCUT2D eigenvalue weighted by molar-refractivity contribution is 5.99. The highest BCUT2D eigenvalue weighted by Gasteiger charge is 2.16. The number of fused-ring (bicyclic) bond motifs is 1. The molecular weight excluding hydrogens is 340 g/mol. The number of aromatic nitrogens is 4. The third-order valence-corrected chi connectivity index (χ3v) is 4.20. The minimum Gasteiger partial charge on any atom is -0.368 e. The molecule has 2 aromatic carbocycles. The Morgan fingerprint density at radius 1 is 1.15 bits per heavy atom. The molecule has 0 aliphatic carbocycles. The molecule has 4 N–H and O–H groups in total. The molecule has 4 aromatic rings. The summed E-state index contributed by atoms with van der Waals surface area (Å²) in [6.45, 7) is 2.29. The lowest BCUT2D eigenvalue weighted by Crippen LogP contribution is -2.24. The molecule has 0 bridgehead atoms. The van der Waals surface area contributed by atoms with E-state index in [0.29, 0.717) is 17.1 Å². The maximum Gasteiger partial charge on any atom is 0.255 e. The number of H-pyrrole nitrogens is 1. The van der Waals surface area contributed by atoms with E-state index in [1.807, 2.05) is 55.5 Å². The van der Waals surface area contributed by atoms with Crippen LogP contribution in [0.3, 0.4) is 0 Å². The number of nitrogens with one attached hydrogen (secondary N) is 2. The summed E-state index contributed by atoms with van der Waals surface area (Å²) in [5.74, 6) is 0.519. The molecule has 0 unspecified atom stereocenters. The third kappa shape index (κ3) is 3.48. The average Bonchev–Trinajstić information content (AvgIpc) is 3.08. The number of carbonyl (C=O) groups is 1. The SMILES string of the molecule is Cc1ccc2nc(CNC(=O)c3cnc(N)nc3-c3ccccc3)[nH]c2c1. The van der Waals surface area contributed by atoms with Crippen molar-refractivity contribution in [2.45, 2.75) is 13.5 Å². The second kappa shape index (κ2) is 6.87. The molecule has 0 spiro atoms. The number of imidazole rings is 1. The zero-order valence-electron chi connectivity index (χ0n) is 14.7. The molecular formula is C20H18N6O. The van der Waals surface area contributed by atoms with Crippen LogP contribution in [0.25, 0.3) is 22.3 Å². The van der Waals surface area contributed by atoms with Crippen LogP contribution >= 0.6 is 0 Å². The van der Waals surface area contributed by atoms with Gasteiger partial charge < -0.3 is 16.0 Å². The van der Waals surface area contributed by atoms with Crippen LogP contribution in [0.1, 0.15) is 21.7 Å². The number of rotatable bonds is 4. The second-order valence-electron chi connectivity index (χ2n) is 6.24. The summed E-state index contributed by atoms with van der Waals surface area (Å²) in [6, 6.07) is 15.4. The van der Waals surface area contributed by atoms with E-state index >= 15 is 0 Å². The number of hydrogen-bond acceptors (Lipinski definition) is 5. The molecule has 7 nitrogen and oxygen atoms in total. The number of aromatic amines is 1. The van der Waals surface area contributed by atoms with E-state index in [0.717, 1.165) is 22.2 Å². The normalized spacial score (nSPS) is 10.9. The third-order valence-electron chi connectivity index (χ3n) is 4.20. The summed E-state index contributed by atoms with van der Waals surface area (Å²) in [5, 5.41) is 2.87. The summed E-state index contributed by atoms with van der Waals surface area (Å²) in [7, 11) is 0. The van der Waals surface area contributed by atoms with Crippen molar-refractivity contribution in [2.75, 3.05) is 5.73 Å². The number of hydrogen-bond donors (Lipinski definition) is 3. The van der Waals surface area contributed by atoms with Crippen LogP contribution in [0.2, 0.25) is 0 Å². The average molecular weight is 358 g/mol. The van der Waals surface area contributed by atoms with Gasteiger partial charge in [0.1, 0.15) is 5.82 Å². The van der Waals surface area contributed by atoms with Crippen molar-refractivity contribution >= 4 is 22.9 Å². The number of benzene rings is 2. The fraction of sp³-hybridized carbons (Fsp3) is 0.100. The first-order valence-corrected chi connectivity index (χ1v) is 8.51. The molecule has 4 rings (SSSR count). The molecule has 0 saturated heterocycles. The Morgan fingerprint density at radius 3 is 2.78 bits per heavy atom. The summed E-state index contributed by atoms with van der Waals surface area (Å²) in [4.78, 5) is 28.6. The zero-order valence-corrected chi connectivity index (χ0v) is 14.7. The maximum absolute atomic E-state index is 12.7. The number of carbonyl (C=O) groups excluding carboxylic acids is 1. The smallest absolute Gasteiger partial charge is 0.255 e. The first kappa shape index (κ1) is 16.7. The Kier molecular flexibility index (Phi) is 4.25. The number of nitrogen functional groups attached to an aromatic ring is 1. The molecule has 0 aliphatic rings. The van der Waals surface area contributed by atoms with Crippen molar-refractivity contribution in [3.63, 3.8) is 0 Å². The second-order valence-corrected chi connectivity index (χ2v) is 6.24. The molecule has 134 valence electrons. The standard InChI is InChI=1S/C20H18N6O/c1-12-7-8-15-16(9-12)25-17(24-15)11-22-19(27)14-10-23-20(21)26-18(14)13-5-3-2-4-6-13/h2-10H,11H2,1H3,(H,22,27)(H,24,25)(H2,21,23,26). The van der Waals surface area contributed by atoms with Crippen molar-refractivity contribution in [1.29, 1.82) is 0 Å². The monoisotopic (exact) mass is 358 g/mol. The predicted molar refractivity (Wildman–Crippen MR) is 104 cm³/mol. The number of amides is 1. The first-order chi connectivity index (χ1) is 13.1. The van der Waals surface area contributed by atoms with E-state index in [1.54, 1.807) is 0 Å². The van der Waals surface area contributed by atoms with Gasteiger partial charge in [0.15, 0.2) is 0 Å². The van der Waals surface area contributed by atoms with E-state index in [9.17, 15) is 4.79 Å². The van der Waals surface area contributed by atoms with Gasteiger partial charge in [0.05, 0.1) is 28.8 Å². The van der Waals surface area contributed by atoms with Gasteiger partial charge in [0, 0.05) is 11.8 Å². The lowest BCUT2D eigenvalue weighted by Gasteiger charge is -2.09. The van der Waals surface area contributed by atoms with E-state index in [-0.39, 0.29) is 18.4 Å². The minimum absolute atomic E-state index is 0.123. The molecule has 0 fully saturated rings. The Morgan fingerprint density at radius 2 is 1.96 bits per heavy atom. The molecule has 2 heterocycles. The van der Waals surface area contributed by atoms with Crippen LogP contribution in [-0.4, -0.2) is 25.8 Å². The Bertz CT molecular complexity index is 1120. The van der Waals surface area contributed by atoms with E-state index < -0.39 is 0 Å². The summed E-state index contributed by atoms with van der Waals surface area (Å²) >= 11 is 0. The fourth-order valence-corrected chi connectivity index (χ4v) is 2.90. The van der Waals surface area contributed by atoms with E-state index in [2.05, 4.69) is 25.3 Å². The van der Waals surface area contributed by atoms with Crippen molar-refractivity contribution in [3.8, 4) is 11.3 Å². The quantitative estimate of drug-likeness (QED) is 0.520. The lowest BCUT2D eigenvalue weighted by atomic mass is 10.1. The Hall–Kier alpha value is -3.74. The fourth-order valence-electron chi connectivity index (χ4n) is 2.90. The highest BCUT2D eigenvalue weighted by Crippen LogP contribution is 2.21. The molecule has 0 radical (unpaired) electrons. The molecule has 0 saturated carbocycles. The largest absolute Gasteiger partial charge is 0.368 e. The van der Waals surface area contributed by atoms with Crippen LogP contribution < -0.4 is 11.1 Å². The van der Waals surface area contributed by atoms with Gasteiger partial charge in [-0.2, -0.15) is 0 Å². The molecule has 0 aliphatic heterocycles. The molecule has 7 heteroatoms. The number of nitrogens with two attached hydrogens (primary N) is 1. The van der Waals surface area contributed by atoms with Crippen LogP contribution in [0, 0.1) is 6.92 Å². The topological polar surface area (TPSA) is 110 Å². The van der Waals surface area contributed by atoms with Gasteiger partial charge in [-0.15, -0.1) is 0 Å². The van der Waals surface area contributed by atoms with Crippen LogP contribution in [0.4, 0.5) is 5.95 Å². The van der Waals surface area contributed by atoms with Crippen LogP contribution in [-0.2, 0) is 6.54 Å². The van der Waals surface area contributed by atoms with Gasteiger partial charge in [-0.25, -0.2) is 15.0 Å². The van der Waals surface area contributed by atoms with Crippen molar-refractivity contribution in [3.05, 3.63) is 71.7 Å². The Labute approximate surface area is 155 Å². The van der Waals surface area contributed by atoms with Gasteiger partial charge in [-0.3, -0.25) is 4.79 Å². The lowest BCUT2D eigenvalue weighted by molar-refractivity contribution is 0.0950. The van der Waals surface area contributed by atoms with Crippen molar-refractivity contribution in [2.24, 2.45) is 0 Å². The molecule has 2 aromatic heterocycles. The number of anilines is 1. The summed E-state index contributed by atoms with van der Waals surface area (Å²) < 4.78 is 0. The van der Waals surface area contributed by atoms with Crippen molar-refractivity contribution < 1.29 is 4.79 Å². The van der Waals surface area contributed by atoms with Gasteiger partial charge in [0.2, 0.25) is 5.95 Å². The summed E-state index contributed by atoms with van der Waals surface area (Å²) in [6.07, 6.45) is 1.45. The van der Waals surface area contributed by atoms with E-state index in [1.165, 1.54) is 6.20 Å². The zero-order chi connectivity index (χ0) is 18.8. The number of nitrogens with zero attached hydrogens (tertiary/aromatic N) is 3. The van der Waals surface area contributed by atoms with Gasteiger partial charge >= 0.3 is 0 Å². The summed E-state index contributed by atoms with van der Waals surface area (Å²) in [5.41, 5.74) is 10.3. The van der Waals surface area contributed by atoms with E-state index in [4.69, 9.17) is 5.73 Å². The van der Waals surface area contributed by atoms with Gasteiger partial charge in [0.25, 0.3) is 5.91 Å². The molecule has 27 heavy (non-hydrogen) atoms. The van der Waals surface area contributed by atoms with Crippen LogP contribution in [0.5, 0.6) is 0 Å². The maximum atomic E-state index is 12.7.